The van der Waals surface area contributed by atoms with Gasteiger partial charge in [0.15, 0.2) is 5.96 Å². The molecule has 0 amide bonds. The lowest BCUT2D eigenvalue weighted by Crippen LogP contribution is -2.36. The fraction of sp³-hybridized carbons (Fsp3) is 0.500. The van der Waals surface area contributed by atoms with E-state index in [4.69, 9.17) is 9.73 Å². The summed E-state index contributed by atoms with van der Waals surface area (Å²) in [6, 6.07) is 8.09. The van der Waals surface area contributed by atoms with Crippen molar-refractivity contribution in [3.8, 4) is 5.75 Å². The fourth-order valence-corrected chi connectivity index (χ4v) is 3.40. The zero-order valence-electron chi connectivity index (χ0n) is 17.0. The topological polar surface area (TPSA) is 61.8 Å². The number of benzene rings is 1. The molecule has 7 heteroatoms. The average Bonchev–Trinajstić information content (AvgIpc) is 2.95. The lowest BCUT2D eigenvalue weighted by molar-refractivity contribution is 0.259. The highest BCUT2D eigenvalue weighted by molar-refractivity contribution is 7.11. The van der Waals surface area contributed by atoms with Gasteiger partial charge in [-0.15, -0.1) is 11.3 Å². The molecule has 0 aliphatic carbocycles. The van der Waals surface area contributed by atoms with Crippen LogP contribution in [0.2, 0.25) is 0 Å². The maximum Gasteiger partial charge on any atom is 0.191 e. The van der Waals surface area contributed by atoms with E-state index >= 15 is 0 Å². The molecule has 148 valence electrons. The maximum absolute atomic E-state index is 5.93. The summed E-state index contributed by atoms with van der Waals surface area (Å²) in [7, 11) is 4.08. The number of aliphatic imine (C=N–C) groups is 1. The van der Waals surface area contributed by atoms with E-state index < -0.39 is 0 Å². The molecule has 0 bridgehead atoms. The predicted molar refractivity (Wildman–Crippen MR) is 114 cm³/mol. The second-order valence-corrected chi connectivity index (χ2v) is 7.84. The summed E-state index contributed by atoms with van der Waals surface area (Å²) in [5.74, 6) is 1.69. The SMILES string of the molecule is CCNC(=NCc1ccccc1OCCN(C)C)NCc1sc(C)nc1C. The van der Waals surface area contributed by atoms with E-state index in [1.54, 1.807) is 11.3 Å². The predicted octanol–water partition coefficient (Wildman–Crippen LogP) is 2.96. The van der Waals surface area contributed by atoms with Crippen LogP contribution in [0.5, 0.6) is 5.75 Å². The molecule has 2 aromatic rings. The van der Waals surface area contributed by atoms with Crippen LogP contribution in [0.4, 0.5) is 0 Å². The maximum atomic E-state index is 5.93. The van der Waals surface area contributed by atoms with Gasteiger partial charge in [-0.25, -0.2) is 9.98 Å². The Morgan fingerprint density at radius 2 is 2.00 bits per heavy atom. The van der Waals surface area contributed by atoms with Crippen LogP contribution >= 0.6 is 11.3 Å². The lowest BCUT2D eigenvalue weighted by Gasteiger charge is -2.14. The number of nitrogens with one attached hydrogen (secondary N) is 2. The average molecular weight is 390 g/mol. The van der Waals surface area contributed by atoms with Crippen LogP contribution in [0.1, 0.15) is 28.1 Å². The number of hydrogen-bond acceptors (Lipinski definition) is 5. The Morgan fingerprint density at radius 1 is 1.22 bits per heavy atom. The van der Waals surface area contributed by atoms with Gasteiger partial charge in [0.05, 0.1) is 23.8 Å². The van der Waals surface area contributed by atoms with E-state index in [1.165, 1.54) is 4.88 Å². The van der Waals surface area contributed by atoms with E-state index in [1.807, 2.05) is 46.1 Å². The minimum Gasteiger partial charge on any atom is -0.492 e. The van der Waals surface area contributed by atoms with Crippen molar-refractivity contribution in [1.82, 2.24) is 20.5 Å². The van der Waals surface area contributed by atoms with Gasteiger partial charge in [-0.3, -0.25) is 0 Å². The molecule has 0 saturated heterocycles. The van der Waals surface area contributed by atoms with Crippen molar-refractivity contribution in [2.45, 2.75) is 33.9 Å². The van der Waals surface area contributed by atoms with Crippen molar-refractivity contribution in [2.75, 3.05) is 33.8 Å². The number of aromatic nitrogens is 1. The summed E-state index contributed by atoms with van der Waals surface area (Å²) < 4.78 is 5.93. The summed E-state index contributed by atoms with van der Waals surface area (Å²) >= 11 is 1.72. The number of thiazole rings is 1. The third-order valence-electron chi connectivity index (χ3n) is 3.94. The Bertz CT molecular complexity index is 742. The first-order valence-electron chi connectivity index (χ1n) is 9.30. The van der Waals surface area contributed by atoms with Crippen molar-refractivity contribution in [2.24, 2.45) is 4.99 Å². The molecule has 1 heterocycles. The third kappa shape index (κ3) is 7.19. The van der Waals surface area contributed by atoms with Crippen LogP contribution in [0.25, 0.3) is 0 Å². The van der Waals surface area contributed by atoms with E-state index in [-0.39, 0.29) is 0 Å². The van der Waals surface area contributed by atoms with E-state index in [0.717, 1.165) is 47.6 Å². The summed E-state index contributed by atoms with van der Waals surface area (Å²) in [6.07, 6.45) is 0. The van der Waals surface area contributed by atoms with E-state index in [9.17, 15) is 0 Å². The monoisotopic (exact) mass is 389 g/mol. The Kier molecular flexibility index (Phi) is 8.54. The van der Waals surface area contributed by atoms with Crippen LogP contribution in [0.3, 0.4) is 0 Å². The fourth-order valence-electron chi connectivity index (χ4n) is 2.52. The Balaban J connectivity index is 2.00. The van der Waals surface area contributed by atoms with Gasteiger partial charge >= 0.3 is 0 Å². The number of guanidine groups is 1. The molecule has 1 aromatic heterocycles. The molecule has 1 aromatic carbocycles. The van der Waals surface area contributed by atoms with Crippen molar-refractivity contribution in [1.29, 1.82) is 0 Å². The van der Waals surface area contributed by atoms with Crippen molar-refractivity contribution < 1.29 is 4.74 Å². The second-order valence-electron chi connectivity index (χ2n) is 6.55. The highest BCUT2D eigenvalue weighted by Crippen LogP contribution is 2.19. The summed E-state index contributed by atoms with van der Waals surface area (Å²) in [5, 5.41) is 7.80. The summed E-state index contributed by atoms with van der Waals surface area (Å²) in [5.41, 5.74) is 2.17. The first-order valence-corrected chi connectivity index (χ1v) is 10.1. The van der Waals surface area contributed by atoms with Crippen molar-refractivity contribution in [3.63, 3.8) is 0 Å². The minimum absolute atomic E-state index is 0.564. The Labute approximate surface area is 166 Å². The standard InChI is InChI=1S/C20H31N5OS/c1-6-21-20(23-14-19-15(2)24-16(3)27-19)22-13-17-9-7-8-10-18(17)26-12-11-25(4)5/h7-10H,6,11-14H2,1-5H3,(H2,21,22,23). The molecular formula is C20H31N5OS. The number of rotatable bonds is 9. The molecule has 0 aliphatic rings. The quantitative estimate of drug-likeness (QED) is 0.510. The smallest absolute Gasteiger partial charge is 0.191 e. The number of nitrogens with zero attached hydrogens (tertiary/aromatic N) is 3. The zero-order chi connectivity index (χ0) is 19.6. The molecule has 0 spiro atoms. The summed E-state index contributed by atoms with van der Waals surface area (Å²) in [4.78, 5) is 12.6. The highest BCUT2D eigenvalue weighted by Gasteiger charge is 2.07. The van der Waals surface area contributed by atoms with Gasteiger partial charge in [-0.05, 0) is 40.9 Å². The first kappa shape index (κ1) is 21.2. The van der Waals surface area contributed by atoms with Crippen molar-refractivity contribution >= 4 is 17.3 Å². The van der Waals surface area contributed by atoms with Gasteiger partial charge in [0.2, 0.25) is 0 Å². The number of likely N-dealkylation sites (N-methyl/N-ethyl adjacent to an activating group) is 1. The normalized spacial score (nSPS) is 11.7. The zero-order valence-corrected chi connectivity index (χ0v) is 17.8. The summed E-state index contributed by atoms with van der Waals surface area (Å²) in [6.45, 7) is 9.80. The Morgan fingerprint density at radius 3 is 2.67 bits per heavy atom. The molecule has 2 N–H and O–H groups in total. The molecule has 0 radical (unpaired) electrons. The number of para-hydroxylation sites is 1. The largest absolute Gasteiger partial charge is 0.492 e. The van der Waals surface area contributed by atoms with Crippen LogP contribution in [0, 0.1) is 13.8 Å². The Hall–Kier alpha value is -2.12. The number of aryl methyl sites for hydroxylation is 2. The molecule has 0 saturated carbocycles. The molecule has 0 aliphatic heterocycles. The van der Waals surface area contributed by atoms with Gasteiger partial charge in [-0.2, -0.15) is 0 Å². The number of ether oxygens (including phenoxy) is 1. The van der Waals surface area contributed by atoms with Gasteiger partial charge in [-0.1, -0.05) is 18.2 Å². The molecule has 6 nitrogen and oxygen atoms in total. The van der Waals surface area contributed by atoms with E-state index in [2.05, 4.69) is 33.5 Å². The second kappa shape index (κ2) is 10.9. The van der Waals surface area contributed by atoms with Gasteiger partial charge < -0.3 is 20.3 Å². The minimum atomic E-state index is 0.564. The molecule has 2 rings (SSSR count). The molecule has 27 heavy (non-hydrogen) atoms. The van der Waals surface area contributed by atoms with Gasteiger partial charge in [0.25, 0.3) is 0 Å². The first-order chi connectivity index (χ1) is 13.0. The highest BCUT2D eigenvalue weighted by atomic mass is 32.1. The van der Waals surface area contributed by atoms with Gasteiger partial charge in [0, 0.05) is 23.5 Å². The van der Waals surface area contributed by atoms with Crippen LogP contribution < -0.4 is 15.4 Å². The molecule has 0 atom stereocenters. The molecule has 0 fully saturated rings. The third-order valence-corrected chi connectivity index (χ3v) is 5.01. The van der Waals surface area contributed by atoms with Crippen molar-refractivity contribution in [3.05, 3.63) is 45.4 Å². The van der Waals surface area contributed by atoms with Crippen LogP contribution in [-0.2, 0) is 13.1 Å². The van der Waals surface area contributed by atoms with E-state index in [0.29, 0.717) is 13.2 Å². The van der Waals surface area contributed by atoms with Gasteiger partial charge in [0.1, 0.15) is 12.4 Å². The molecule has 0 unspecified atom stereocenters. The lowest BCUT2D eigenvalue weighted by atomic mass is 10.2. The van der Waals surface area contributed by atoms with Crippen LogP contribution in [-0.4, -0.2) is 49.6 Å². The number of hydrogen-bond donors (Lipinski definition) is 2. The molecular weight excluding hydrogens is 358 g/mol. The van der Waals surface area contributed by atoms with Crippen LogP contribution in [0.15, 0.2) is 29.3 Å².